The zero-order valence-corrected chi connectivity index (χ0v) is 25.0. The number of hydrogen-bond acceptors (Lipinski definition) is 7. The molecule has 224 valence electrons. The molecule has 10 heteroatoms. The minimum Gasteiger partial charge on any atom is -0.376 e. The van der Waals surface area contributed by atoms with Crippen molar-refractivity contribution >= 4 is 28.2 Å². The average Bonchev–Trinajstić information content (AvgIpc) is 3.70. The second kappa shape index (κ2) is 10.2. The van der Waals surface area contributed by atoms with Gasteiger partial charge in [-0.05, 0) is 86.1 Å². The van der Waals surface area contributed by atoms with Gasteiger partial charge in [-0.25, -0.2) is 9.37 Å². The summed E-state index contributed by atoms with van der Waals surface area (Å²) < 4.78 is 23.0. The highest BCUT2D eigenvalue weighted by Crippen LogP contribution is 2.55. The number of nitriles is 1. The molecular weight excluding hydrogens is 557 g/mol. The third kappa shape index (κ3) is 4.32. The first-order valence-electron chi connectivity index (χ1n) is 15.5. The number of carbonyl (C=O) groups is 1. The Hall–Kier alpha value is -4.20. The van der Waals surface area contributed by atoms with Crippen LogP contribution in [-0.4, -0.2) is 56.4 Å². The standard InChI is InChI=1S/C34H34FN7O2/c1-20-17-41(9-10-44-20)18-22-11-25-27(35)5-6-29-31(25)26(12-22)32(43)42(29)30-14-24(13-28(38-30)23-3-4-23)34(15-21(16-34)7-8-36)33-39-37-19-40(33)2/h5-6,11-14,19-21,23H,3-4,7,9-10,15-18H2,1-2H3/t20-,21?,34?/m1/s1. The van der Waals surface area contributed by atoms with Crippen LogP contribution in [0.25, 0.3) is 10.8 Å². The Balaban J connectivity index is 1.23. The maximum absolute atomic E-state index is 15.4. The van der Waals surface area contributed by atoms with E-state index >= 15 is 4.39 Å². The van der Waals surface area contributed by atoms with Crippen molar-refractivity contribution in [1.82, 2.24) is 24.6 Å². The first-order chi connectivity index (χ1) is 21.3. The number of benzene rings is 2. The van der Waals surface area contributed by atoms with E-state index in [1.54, 1.807) is 17.3 Å². The molecule has 4 heterocycles. The quantitative estimate of drug-likeness (QED) is 0.280. The van der Waals surface area contributed by atoms with Gasteiger partial charge in [0.25, 0.3) is 5.91 Å². The zero-order valence-electron chi connectivity index (χ0n) is 25.0. The molecule has 0 N–H and O–H groups in total. The molecular formula is C34H34FN7O2. The van der Waals surface area contributed by atoms with E-state index in [0.29, 0.717) is 53.3 Å². The van der Waals surface area contributed by atoms with Crippen molar-refractivity contribution in [3.63, 3.8) is 0 Å². The molecule has 8 rings (SSSR count). The fraction of sp³-hybridized carbons (Fsp3) is 0.441. The molecule has 44 heavy (non-hydrogen) atoms. The SMILES string of the molecule is C[C@@H]1CN(Cc2cc3c4c(ccc(F)c4c2)N(c2cc(C4(c5nncn5C)CC(CC#N)C4)cc(C4CC4)n2)C3=O)CCO1. The molecule has 0 bridgehead atoms. The van der Waals surface area contributed by atoms with Crippen LogP contribution in [0.5, 0.6) is 0 Å². The van der Waals surface area contributed by atoms with Gasteiger partial charge in [0, 0.05) is 55.5 Å². The van der Waals surface area contributed by atoms with Gasteiger partial charge >= 0.3 is 0 Å². The van der Waals surface area contributed by atoms with E-state index in [-0.39, 0.29) is 23.7 Å². The summed E-state index contributed by atoms with van der Waals surface area (Å²) in [5, 5.41) is 19.2. The molecule has 1 atom stereocenters. The molecule has 0 unspecified atom stereocenters. The molecule has 1 amide bonds. The fourth-order valence-corrected chi connectivity index (χ4v) is 7.67. The Morgan fingerprint density at radius 3 is 2.75 bits per heavy atom. The number of amides is 1. The normalized spacial score (nSPS) is 25.0. The van der Waals surface area contributed by atoms with Crippen molar-refractivity contribution in [3.05, 3.63) is 76.8 Å². The lowest BCUT2D eigenvalue weighted by Crippen LogP contribution is -2.44. The van der Waals surface area contributed by atoms with Gasteiger partial charge in [0.2, 0.25) is 0 Å². The van der Waals surface area contributed by atoms with Crippen molar-refractivity contribution in [2.45, 2.75) is 63.0 Å². The minimum atomic E-state index is -0.426. The van der Waals surface area contributed by atoms with Gasteiger partial charge in [0.1, 0.15) is 23.8 Å². The van der Waals surface area contributed by atoms with Crippen LogP contribution in [0.2, 0.25) is 0 Å². The second-order valence-corrected chi connectivity index (χ2v) is 13.1. The minimum absolute atomic E-state index is 0.134. The smallest absolute Gasteiger partial charge is 0.264 e. The van der Waals surface area contributed by atoms with Gasteiger partial charge < -0.3 is 9.30 Å². The van der Waals surface area contributed by atoms with Gasteiger partial charge in [-0.1, -0.05) is 0 Å². The topological polar surface area (TPSA) is 100 Å². The number of morpholine rings is 1. The van der Waals surface area contributed by atoms with Crippen LogP contribution in [0.15, 0.2) is 42.7 Å². The fourth-order valence-electron chi connectivity index (χ4n) is 7.67. The van der Waals surface area contributed by atoms with Gasteiger partial charge in [0.05, 0.1) is 35.4 Å². The molecule has 2 aromatic carbocycles. The number of ether oxygens (including phenoxy) is 1. The Kier molecular flexibility index (Phi) is 6.33. The van der Waals surface area contributed by atoms with E-state index in [4.69, 9.17) is 9.72 Å². The van der Waals surface area contributed by atoms with Crippen LogP contribution in [0.3, 0.4) is 0 Å². The van der Waals surface area contributed by atoms with E-state index < -0.39 is 5.41 Å². The largest absolute Gasteiger partial charge is 0.376 e. The lowest BCUT2D eigenvalue weighted by molar-refractivity contribution is -0.0212. The molecule has 0 radical (unpaired) electrons. The van der Waals surface area contributed by atoms with E-state index in [2.05, 4.69) is 34.2 Å². The van der Waals surface area contributed by atoms with Crippen LogP contribution < -0.4 is 4.90 Å². The Bertz CT molecular complexity index is 1850. The van der Waals surface area contributed by atoms with Gasteiger partial charge in [-0.3, -0.25) is 14.6 Å². The first-order valence-corrected chi connectivity index (χ1v) is 15.5. The maximum atomic E-state index is 15.4. The molecule has 9 nitrogen and oxygen atoms in total. The molecule has 1 saturated heterocycles. The predicted octanol–water partition coefficient (Wildman–Crippen LogP) is 5.50. The highest BCUT2D eigenvalue weighted by molar-refractivity contribution is 6.27. The summed E-state index contributed by atoms with van der Waals surface area (Å²) >= 11 is 0. The van der Waals surface area contributed by atoms with Crippen molar-refractivity contribution < 1.29 is 13.9 Å². The summed E-state index contributed by atoms with van der Waals surface area (Å²) in [6, 6.07) is 13.5. The lowest BCUT2D eigenvalue weighted by Gasteiger charge is -2.47. The molecule has 2 saturated carbocycles. The van der Waals surface area contributed by atoms with Crippen molar-refractivity contribution in [3.8, 4) is 6.07 Å². The van der Waals surface area contributed by atoms with Gasteiger partial charge in [0.15, 0.2) is 0 Å². The molecule has 2 aromatic heterocycles. The van der Waals surface area contributed by atoms with E-state index in [9.17, 15) is 10.1 Å². The van der Waals surface area contributed by atoms with Crippen LogP contribution in [0.1, 0.15) is 77.9 Å². The number of pyridine rings is 1. The number of anilines is 2. The summed E-state index contributed by atoms with van der Waals surface area (Å²) in [5.74, 6) is 1.48. The summed E-state index contributed by atoms with van der Waals surface area (Å²) in [6.07, 6.45) is 6.01. The third-order valence-corrected chi connectivity index (χ3v) is 9.91. The average molecular weight is 592 g/mol. The lowest BCUT2D eigenvalue weighted by atomic mass is 9.57. The highest BCUT2D eigenvalue weighted by atomic mass is 19.1. The number of hydrogen-bond donors (Lipinski definition) is 0. The zero-order chi connectivity index (χ0) is 30.2. The molecule has 2 aliphatic carbocycles. The van der Waals surface area contributed by atoms with Crippen LogP contribution in [0, 0.1) is 23.1 Å². The molecule has 4 aliphatic rings. The summed E-state index contributed by atoms with van der Waals surface area (Å²) in [5.41, 5.74) is 3.65. The predicted molar refractivity (Wildman–Crippen MR) is 162 cm³/mol. The molecule has 2 aliphatic heterocycles. The van der Waals surface area contributed by atoms with E-state index in [1.807, 2.05) is 29.8 Å². The van der Waals surface area contributed by atoms with Gasteiger partial charge in [-0.15, -0.1) is 10.2 Å². The second-order valence-electron chi connectivity index (χ2n) is 13.1. The maximum Gasteiger partial charge on any atom is 0.264 e. The molecule has 4 aromatic rings. The first kappa shape index (κ1) is 27.4. The van der Waals surface area contributed by atoms with Crippen molar-refractivity contribution in [2.75, 3.05) is 24.6 Å². The van der Waals surface area contributed by atoms with Crippen LogP contribution in [-0.2, 0) is 23.7 Å². The number of carbonyl (C=O) groups excluding carboxylic acids is 1. The molecule has 3 fully saturated rings. The summed E-state index contributed by atoms with van der Waals surface area (Å²) in [4.78, 5) is 23.3. The molecule has 0 spiro atoms. The highest BCUT2D eigenvalue weighted by Gasteiger charge is 2.50. The van der Waals surface area contributed by atoms with Crippen molar-refractivity contribution in [2.24, 2.45) is 13.0 Å². The Morgan fingerprint density at radius 2 is 2.02 bits per heavy atom. The number of rotatable bonds is 7. The van der Waals surface area contributed by atoms with Crippen molar-refractivity contribution in [1.29, 1.82) is 5.26 Å². The van der Waals surface area contributed by atoms with E-state index in [1.165, 1.54) is 6.07 Å². The third-order valence-electron chi connectivity index (χ3n) is 9.91. The van der Waals surface area contributed by atoms with Gasteiger partial charge in [-0.2, -0.15) is 5.26 Å². The van der Waals surface area contributed by atoms with Crippen LogP contribution in [0.4, 0.5) is 15.9 Å². The van der Waals surface area contributed by atoms with E-state index in [0.717, 1.165) is 61.4 Å². The number of nitrogens with zero attached hydrogens (tertiary/aromatic N) is 7. The summed E-state index contributed by atoms with van der Waals surface area (Å²) in [6.45, 7) is 4.92. The monoisotopic (exact) mass is 591 g/mol. The number of aryl methyl sites for hydroxylation is 1. The Labute approximate surface area is 255 Å². The van der Waals surface area contributed by atoms with Crippen LogP contribution >= 0.6 is 0 Å². The Morgan fingerprint density at radius 1 is 1.18 bits per heavy atom. The number of aromatic nitrogens is 4. The summed E-state index contributed by atoms with van der Waals surface area (Å²) in [7, 11) is 1.95. The number of halogens is 1.